The third kappa shape index (κ3) is 3.53. The van der Waals surface area contributed by atoms with Gasteiger partial charge in [0.1, 0.15) is 0 Å². The lowest BCUT2D eigenvalue weighted by molar-refractivity contribution is 0.886. The van der Waals surface area contributed by atoms with Gasteiger partial charge in [-0.15, -0.1) is 10.2 Å². The van der Waals surface area contributed by atoms with E-state index in [2.05, 4.69) is 69.1 Å². The first-order valence-electron chi connectivity index (χ1n) is 8.41. The van der Waals surface area contributed by atoms with Crippen LogP contribution in [0.4, 0.5) is 0 Å². The number of hydrogen-bond donors (Lipinski definition) is 0. The number of aryl methyl sites for hydroxylation is 1. The normalized spacial score (nSPS) is 10.8. The van der Waals surface area contributed by atoms with Gasteiger partial charge in [-0.25, -0.2) is 0 Å². The van der Waals surface area contributed by atoms with Crippen LogP contribution < -0.4 is 0 Å². The molecule has 0 aliphatic carbocycles. The quantitative estimate of drug-likeness (QED) is 0.475. The first-order chi connectivity index (χ1) is 12.8. The van der Waals surface area contributed by atoms with E-state index in [4.69, 9.17) is 0 Å². The first-order valence-corrected chi connectivity index (χ1v) is 9.39. The Hall–Kier alpha value is -2.92. The maximum atomic E-state index is 4.49. The van der Waals surface area contributed by atoms with Gasteiger partial charge >= 0.3 is 0 Å². The van der Waals surface area contributed by atoms with E-state index in [0.717, 1.165) is 33.5 Å². The summed E-state index contributed by atoms with van der Waals surface area (Å²) in [5.41, 5.74) is 4.49. The van der Waals surface area contributed by atoms with Crippen LogP contribution >= 0.6 is 11.8 Å². The minimum absolute atomic E-state index is 0.798. The van der Waals surface area contributed by atoms with Gasteiger partial charge in [-0.3, -0.25) is 9.55 Å². The zero-order valence-corrected chi connectivity index (χ0v) is 15.2. The summed E-state index contributed by atoms with van der Waals surface area (Å²) in [6.07, 6.45) is 3.67. The highest BCUT2D eigenvalue weighted by Gasteiger charge is 2.16. The van der Waals surface area contributed by atoms with Crippen LogP contribution in [0.5, 0.6) is 0 Å². The molecule has 0 N–H and O–H groups in total. The van der Waals surface area contributed by atoms with Crippen molar-refractivity contribution < 1.29 is 0 Å². The number of benzene rings is 2. The highest BCUT2D eigenvalue weighted by atomic mass is 32.2. The highest BCUT2D eigenvalue weighted by molar-refractivity contribution is 7.98. The zero-order valence-electron chi connectivity index (χ0n) is 14.4. The summed E-state index contributed by atoms with van der Waals surface area (Å²) in [7, 11) is 0. The van der Waals surface area contributed by atoms with Crippen LogP contribution in [0.25, 0.3) is 17.1 Å². The molecule has 0 amide bonds. The zero-order chi connectivity index (χ0) is 17.8. The predicted molar refractivity (Wildman–Crippen MR) is 105 cm³/mol. The summed E-state index contributed by atoms with van der Waals surface area (Å²) < 4.78 is 2.12. The fourth-order valence-electron chi connectivity index (χ4n) is 2.78. The number of thioether (sulfide) groups is 1. The van der Waals surface area contributed by atoms with Crippen LogP contribution in [0.15, 0.2) is 84.3 Å². The first kappa shape index (κ1) is 16.5. The van der Waals surface area contributed by atoms with E-state index in [9.17, 15) is 0 Å². The Morgan fingerprint density at radius 2 is 1.81 bits per heavy atom. The van der Waals surface area contributed by atoms with Crippen molar-refractivity contribution in [2.75, 3.05) is 0 Å². The topological polar surface area (TPSA) is 43.6 Å². The lowest BCUT2D eigenvalue weighted by atomic mass is 10.1. The predicted octanol–water partition coefficient (Wildman–Crippen LogP) is 4.93. The minimum Gasteiger partial charge on any atom is -0.270 e. The van der Waals surface area contributed by atoms with Gasteiger partial charge < -0.3 is 0 Å². The summed E-state index contributed by atoms with van der Waals surface area (Å²) in [4.78, 5) is 4.18. The van der Waals surface area contributed by atoms with Crippen LogP contribution in [-0.4, -0.2) is 19.7 Å². The molecule has 0 atom stereocenters. The van der Waals surface area contributed by atoms with E-state index in [1.807, 2.05) is 30.5 Å². The second kappa shape index (κ2) is 7.54. The third-order valence-corrected chi connectivity index (χ3v) is 5.01. The van der Waals surface area contributed by atoms with Crippen molar-refractivity contribution in [2.45, 2.75) is 17.8 Å². The molecule has 0 aliphatic heterocycles. The standard InChI is InChI=1S/C21H18N4S/c1-16-7-5-9-18(13-16)20-23-24-21(25(20)19-10-3-2-4-11-19)26-15-17-8-6-12-22-14-17/h2-14H,15H2,1H3. The van der Waals surface area contributed by atoms with E-state index in [1.54, 1.807) is 18.0 Å². The van der Waals surface area contributed by atoms with Crippen molar-refractivity contribution in [3.05, 3.63) is 90.3 Å². The number of para-hydroxylation sites is 1. The molecule has 0 spiro atoms. The maximum Gasteiger partial charge on any atom is 0.196 e. The van der Waals surface area contributed by atoms with Gasteiger partial charge in [0.15, 0.2) is 11.0 Å². The molecule has 2 aromatic heterocycles. The van der Waals surface area contributed by atoms with Gasteiger partial charge in [-0.2, -0.15) is 0 Å². The molecule has 5 heteroatoms. The van der Waals surface area contributed by atoms with Gasteiger partial charge in [0, 0.05) is 29.4 Å². The molecule has 4 rings (SSSR count). The van der Waals surface area contributed by atoms with Gasteiger partial charge in [0.25, 0.3) is 0 Å². The molecule has 0 radical (unpaired) electrons. The van der Waals surface area contributed by atoms with Crippen LogP contribution in [0.2, 0.25) is 0 Å². The Balaban J connectivity index is 1.75. The van der Waals surface area contributed by atoms with E-state index >= 15 is 0 Å². The Labute approximate surface area is 157 Å². The second-order valence-electron chi connectivity index (χ2n) is 6.00. The molecule has 128 valence electrons. The molecule has 0 fully saturated rings. The summed E-state index contributed by atoms with van der Waals surface area (Å²) >= 11 is 1.66. The number of rotatable bonds is 5. The SMILES string of the molecule is Cc1cccc(-c2nnc(SCc3cccnc3)n2-c2ccccc2)c1. The number of aromatic nitrogens is 4. The molecular weight excluding hydrogens is 340 g/mol. The van der Waals surface area contributed by atoms with Crippen molar-refractivity contribution in [3.63, 3.8) is 0 Å². The molecule has 2 aromatic carbocycles. The van der Waals surface area contributed by atoms with Gasteiger partial charge in [0.05, 0.1) is 0 Å². The molecule has 0 unspecified atom stereocenters. The Bertz CT molecular complexity index is 997. The minimum atomic E-state index is 0.798. The summed E-state index contributed by atoms with van der Waals surface area (Å²) in [6.45, 7) is 2.09. The monoisotopic (exact) mass is 358 g/mol. The number of nitrogens with zero attached hydrogens (tertiary/aromatic N) is 4. The molecule has 26 heavy (non-hydrogen) atoms. The lowest BCUT2D eigenvalue weighted by Gasteiger charge is -2.10. The molecule has 4 nitrogen and oxygen atoms in total. The van der Waals surface area contributed by atoms with Crippen LogP contribution in [0.1, 0.15) is 11.1 Å². The Morgan fingerprint density at radius 3 is 2.58 bits per heavy atom. The fourth-order valence-corrected chi connectivity index (χ4v) is 3.66. The summed E-state index contributed by atoms with van der Waals surface area (Å²) in [5, 5.41) is 9.83. The van der Waals surface area contributed by atoms with Crippen LogP contribution in [0.3, 0.4) is 0 Å². The molecule has 0 bridgehead atoms. The Kier molecular flexibility index (Phi) is 4.80. The van der Waals surface area contributed by atoms with Crippen LogP contribution in [0, 0.1) is 6.92 Å². The van der Waals surface area contributed by atoms with Crippen molar-refractivity contribution in [1.82, 2.24) is 19.7 Å². The smallest absolute Gasteiger partial charge is 0.196 e. The largest absolute Gasteiger partial charge is 0.270 e. The Morgan fingerprint density at radius 1 is 0.923 bits per heavy atom. The van der Waals surface area contributed by atoms with E-state index in [1.165, 1.54) is 5.56 Å². The average molecular weight is 358 g/mol. The van der Waals surface area contributed by atoms with E-state index in [0.29, 0.717) is 0 Å². The second-order valence-corrected chi connectivity index (χ2v) is 6.94. The highest BCUT2D eigenvalue weighted by Crippen LogP contribution is 2.29. The van der Waals surface area contributed by atoms with Gasteiger partial charge in [-0.05, 0) is 36.8 Å². The number of hydrogen-bond acceptors (Lipinski definition) is 4. The number of pyridine rings is 1. The molecule has 0 saturated carbocycles. The van der Waals surface area contributed by atoms with Crippen LogP contribution in [-0.2, 0) is 5.75 Å². The van der Waals surface area contributed by atoms with E-state index in [-0.39, 0.29) is 0 Å². The molecule has 0 aliphatic rings. The molecule has 4 aromatic rings. The van der Waals surface area contributed by atoms with Crippen molar-refractivity contribution in [3.8, 4) is 17.1 Å². The third-order valence-electron chi connectivity index (χ3n) is 4.01. The van der Waals surface area contributed by atoms with E-state index < -0.39 is 0 Å². The molecule has 0 saturated heterocycles. The summed E-state index contributed by atoms with van der Waals surface area (Å²) in [6, 6.07) is 22.6. The van der Waals surface area contributed by atoms with Gasteiger partial charge in [-0.1, -0.05) is 59.8 Å². The molecule has 2 heterocycles. The summed E-state index contributed by atoms with van der Waals surface area (Å²) in [5.74, 6) is 1.65. The average Bonchev–Trinajstić information content (AvgIpc) is 3.12. The van der Waals surface area contributed by atoms with Crippen molar-refractivity contribution in [2.24, 2.45) is 0 Å². The van der Waals surface area contributed by atoms with Gasteiger partial charge in [0.2, 0.25) is 0 Å². The fraction of sp³-hybridized carbons (Fsp3) is 0.0952. The van der Waals surface area contributed by atoms with Crippen molar-refractivity contribution in [1.29, 1.82) is 0 Å². The molecular formula is C21H18N4S. The van der Waals surface area contributed by atoms with Crippen molar-refractivity contribution >= 4 is 11.8 Å². The lowest BCUT2D eigenvalue weighted by Crippen LogP contribution is -1.99. The maximum absolute atomic E-state index is 4.49.